The van der Waals surface area contributed by atoms with E-state index in [2.05, 4.69) is 122 Å². The van der Waals surface area contributed by atoms with Gasteiger partial charge < -0.3 is 0 Å². The fourth-order valence-electron chi connectivity index (χ4n) is 5.53. The van der Waals surface area contributed by atoms with Crippen LogP contribution in [0.15, 0.2) is 125 Å². The van der Waals surface area contributed by atoms with Crippen LogP contribution in [0.4, 0.5) is 0 Å². The van der Waals surface area contributed by atoms with Crippen LogP contribution in [0.2, 0.25) is 0 Å². The first-order valence-corrected chi connectivity index (χ1v) is 12.6. The molecule has 0 nitrogen and oxygen atoms in total. The molecule has 0 radical (unpaired) electrons. The lowest BCUT2D eigenvalue weighted by atomic mass is 9.67. The van der Waals surface area contributed by atoms with E-state index in [0.717, 1.165) is 12.8 Å². The van der Waals surface area contributed by atoms with Gasteiger partial charge in [-0.3, -0.25) is 0 Å². The molecule has 0 atom stereocenters. The normalized spacial score (nSPS) is 14.9. The number of hydrogen-bond acceptors (Lipinski definition) is 1. The highest BCUT2D eigenvalue weighted by Crippen LogP contribution is 2.61. The topological polar surface area (TPSA) is 0 Å². The lowest BCUT2D eigenvalue weighted by Gasteiger charge is -2.39. The zero-order chi connectivity index (χ0) is 22.3. The smallest absolute Gasteiger partial charge is 0.0735 e. The van der Waals surface area contributed by atoms with E-state index < -0.39 is 0 Å². The Morgan fingerprint density at radius 1 is 0.636 bits per heavy atom. The van der Waals surface area contributed by atoms with Gasteiger partial charge in [-0.25, -0.2) is 0 Å². The highest BCUT2D eigenvalue weighted by molar-refractivity contribution is 7.99. The summed E-state index contributed by atoms with van der Waals surface area (Å²) in [6.45, 7) is 2.16. The average molecular weight is 443 g/mol. The summed E-state index contributed by atoms with van der Waals surface area (Å²) in [5.74, 6) is 0. The van der Waals surface area contributed by atoms with Crippen molar-refractivity contribution < 1.29 is 0 Å². The molecule has 33 heavy (non-hydrogen) atoms. The predicted octanol–water partition coefficient (Wildman–Crippen LogP) is 8.58. The van der Waals surface area contributed by atoms with E-state index in [4.69, 9.17) is 0 Å². The van der Waals surface area contributed by atoms with Crippen molar-refractivity contribution in [2.24, 2.45) is 0 Å². The first-order chi connectivity index (χ1) is 16.3. The molecule has 6 rings (SSSR count). The fourth-order valence-corrected chi connectivity index (χ4v) is 6.79. The molecular formula is C32H26S. The van der Waals surface area contributed by atoms with Crippen molar-refractivity contribution in [3.8, 4) is 11.1 Å². The van der Waals surface area contributed by atoms with E-state index in [1.165, 1.54) is 48.7 Å². The number of allylic oxidation sites excluding steroid dienone is 4. The first-order valence-electron chi connectivity index (χ1n) is 11.8. The van der Waals surface area contributed by atoms with Gasteiger partial charge in [0.1, 0.15) is 0 Å². The third-order valence-electron chi connectivity index (χ3n) is 6.89. The lowest BCUT2D eigenvalue weighted by molar-refractivity contribution is 0.721. The van der Waals surface area contributed by atoms with E-state index in [1.54, 1.807) is 0 Å². The second-order valence-corrected chi connectivity index (χ2v) is 9.82. The van der Waals surface area contributed by atoms with Gasteiger partial charge in [0.15, 0.2) is 0 Å². The Kier molecular flexibility index (Phi) is 5.08. The molecule has 0 N–H and O–H groups in total. The van der Waals surface area contributed by atoms with E-state index in [1.807, 2.05) is 11.8 Å². The highest BCUT2D eigenvalue weighted by Gasteiger charge is 2.49. The Balaban J connectivity index is 1.58. The van der Waals surface area contributed by atoms with Gasteiger partial charge in [0.25, 0.3) is 0 Å². The van der Waals surface area contributed by atoms with Gasteiger partial charge in [0.2, 0.25) is 0 Å². The van der Waals surface area contributed by atoms with Crippen LogP contribution in [-0.2, 0) is 11.8 Å². The molecule has 4 aromatic rings. The minimum Gasteiger partial charge on any atom is -0.0894 e. The molecule has 0 aromatic heterocycles. The summed E-state index contributed by atoms with van der Waals surface area (Å²) in [6, 6.07) is 34.1. The Hall–Kier alpha value is -3.29. The predicted molar refractivity (Wildman–Crippen MR) is 140 cm³/mol. The molecule has 1 spiro atoms. The van der Waals surface area contributed by atoms with Crippen molar-refractivity contribution in [2.75, 3.05) is 0 Å². The quantitative estimate of drug-likeness (QED) is 0.246. The number of benzene rings is 4. The maximum Gasteiger partial charge on any atom is 0.0735 e. The molecule has 0 unspecified atom stereocenters. The summed E-state index contributed by atoms with van der Waals surface area (Å²) < 4.78 is 0. The van der Waals surface area contributed by atoms with Gasteiger partial charge in [-0.15, -0.1) is 0 Å². The van der Waals surface area contributed by atoms with Crippen molar-refractivity contribution in [3.05, 3.63) is 143 Å². The summed E-state index contributed by atoms with van der Waals surface area (Å²) in [6.07, 6.45) is 10.8. The van der Waals surface area contributed by atoms with Gasteiger partial charge in [0.05, 0.1) is 5.41 Å². The van der Waals surface area contributed by atoms with Crippen molar-refractivity contribution in [1.29, 1.82) is 0 Å². The molecule has 1 aliphatic heterocycles. The van der Waals surface area contributed by atoms with Gasteiger partial charge in [-0.2, -0.15) is 0 Å². The summed E-state index contributed by atoms with van der Waals surface area (Å²) in [5.41, 5.74) is 9.42. The van der Waals surface area contributed by atoms with Gasteiger partial charge in [-0.05, 0) is 63.9 Å². The average Bonchev–Trinajstić information content (AvgIpc) is 3.15. The van der Waals surface area contributed by atoms with Crippen LogP contribution < -0.4 is 0 Å². The second kappa shape index (κ2) is 8.24. The molecule has 2 aliphatic rings. The molecule has 0 amide bonds. The van der Waals surface area contributed by atoms with Gasteiger partial charge in [-0.1, -0.05) is 122 Å². The fraction of sp³-hybridized carbons (Fsp3) is 0.125. The molecule has 1 heteroatoms. The molecule has 0 saturated carbocycles. The van der Waals surface area contributed by atoms with E-state index >= 15 is 0 Å². The van der Waals surface area contributed by atoms with E-state index in [9.17, 15) is 0 Å². The molecule has 0 fully saturated rings. The number of fused-ring (bicyclic) bond motifs is 9. The third-order valence-corrected chi connectivity index (χ3v) is 8.02. The van der Waals surface area contributed by atoms with Crippen LogP contribution in [0.25, 0.3) is 11.1 Å². The van der Waals surface area contributed by atoms with Crippen LogP contribution in [0.3, 0.4) is 0 Å². The zero-order valence-electron chi connectivity index (χ0n) is 18.8. The molecule has 1 aliphatic carbocycles. The summed E-state index contributed by atoms with van der Waals surface area (Å²) in [5, 5.41) is 0. The maximum absolute atomic E-state index is 2.41. The maximum atomic E-state index is 2.41. The zero-order valence-corrected chi connectivity index (χ0v) is 19.6. The monoisotopic (exact) mass is 442 g/mol. The van der Waals surface area contributed by atoms with Crippen molar-refractivity contribution >= 4 is 11.8 Å². The van der Waals surface area contributed by atoms with Gasteiger partial charge in [0, 0.05) is 9.79 Å². The van der Waals surface area contributed by atoms with Crippen LogP contribution in [0.1, 0.15) is 41.2 Å². The van der Waals surface area contributed by atoms with E-state index in [-0.39, 0.29) is 5.41 Å². The number of hydrogen-bond donors (Lipinski definition) is 0. The Labute approximate surface area is 200 Å². The largest absolute Gasteiger partial charge is 0.0894 e. The summed E-state index contributed by atoms with van der Waals surface area (Å²) >= 11 is 1.92. The standard InChI is InChI=1S/C32H26S/c1-2-3-4-5-6-13-23-20-21-29-31(22-23)33-30-19-12-11-18-28(30)32(29)26-16-9-7-14-24(26)25-15-8-10-17-27(25)32/h3-12,14-22H,2,13H2,1H3/b4-3-,6-5-. The third kappa shape index (κ3) is 3.07. The molecule has 1 heterocycles. The SMILES string of the molecule is CC/C=C\C=C/Cc1ccc2c(c1)Sc1ccccc1C21c2ccccc2-c2ccccc21. The summed E-state index contributed by atoms with van der Waals surface area (Å²) in [7, 11) is 0. The van der Waals surface area contributed by atoms with Crippen LogP contribution in [-0.4, -0.2) is 0 Å². The Morgan fingerprint density at radius 3 is 1.97 bits per heavy atom. The molecule has 0 bridgehead atoms. The molecule has 160 valence electrons. The minimum absolute atomic E-state index is 0.261. The van der Waals surface area contributed by atoms with Crippen LogP contribution in [0, 0.1) is 0 Å². The molecule has 0 saturated heterocycles. The van der Waals surface area contributed by atoms with Crippen molar-refractivity contribution in [1.82, 2.24) is 0 Å². The minimum atomic E-state index is -0.261. The van der Waals surface area contributed by atoms with E-state index in [0.29, 0.717) is 0 Å². The number of rotatable bonds is 4. The van der Waals surface area contributed by atoms with Crippen molar-refractivity contribution in [3.63, 3.8) is 0 Å². The second-order valence-electron chi connectivity index (χ2n) is 8.74. The molecular weight excluding hydrogens is 416 g/mol. The highest BCUT2D eigenvalue weighted by atomic mass is 32.2. The van der Waals surface area contributed by atoms with Crippen LogP contribution >= 0.6 is 11.8 Å². The van der Waals surface area contributed by atoms with Crippen LogP contribution in [0.5, 0.6) is 0 Å². The Bertz CT molecular complexity index is 1360. The lowest BCUT2D eigenvalue weighted by Crippen LogP contribution is -2.32. The van der Waals surface area contributed by atoms with Crippen molar-refractivity contribution in [2.45, 2.75) is 35.0 Å². The van der Waals surface area contributed by atoms with Gasteiger partial charge >= 0.3 is 0 Å². The molecule has 4 aromatic carbocycles. The Morgan fingerprint density at radius 2 is 1.24 bits per heavy atom. The first kappa shape index (κ1) is 20.3. The summed E-state index contributed by atoms with van der Waals surface area (Å²) in [4.78, 5) is 2.73.